The number of hydrogen-bond acceptors (Lipinski definition) is 3. The number of rotatable bonds is 0. The molecule has 2 nitrogen and oxygen atoms in total. The van der Waals surface area contributed by atoms with Gasteiger partial charge in [0.2, 0.25) is 0 Å². The van der Waals surface area contributed by atoms with Gasteiger partial charge in [-0.1, -0.05) is 24.0 Å². The second-order valence-corrected chi connectivity index (χ2v) is 5.71. The molecule has 1 fully saturated rings. The standard InChI is InChI=1S/C7H13NOS2/c1-6(2)7(3,9)8(4)5(10)11-6/h9H,1-4H3. The molecule has 1 aliphatic heterocycles. The van der Waals surface area contributed by atoms with Gasteiger partial charge in [0, 0.05) is 7.05 Å². The summed E-state index contributed by atoms with van der Waals surface area (Å²) in [5, 5.41) is 9.98. The minimum absolute atomic E-state index is 0.209. The van der Waals surface area contributed by atoms with Gasteiger partial charge in [0.1, 0.15) is 10.0 Å². The Bertz CT molecular complexity index is 201. The van der Waals surface area contributed by atoms with Crippen LogP contribution < -0.4 is 0 Å². The SMILES string of the molecule is CN1C(=S)SC(C)(C)C1(C)O. The number of thioether (sulfide) groups is 1. The Morgan fingerprint density at radius 3 is 2.00 bits per heavy atom. The van der Waals surface area contributed by atoms with Gasteiger partial charge in [-0.05, 0) is 20.8 Å². The van der Waals surface area contributed by atoms with Crippen LogP contribution in [0.25, 0.3) is 0 Å². The van der Waals surface area contributed by atoms with E-state index in [1.807, 2.05) is 20.9 Å². The molecule has 11 heavy (non-hydrogen) atoms. The molecular weight excluding hydrogens is 178 g/mol. The zero-order valence-corrected chi connectivity index (χ0v) is 8.84. The van der Waals surface area contributed by atoms with Crippen LogP contribution in [0.2, 0.25) is 0 Å². The molecule has 0 amide bonds. The average molecular weight is 191 g/mol. The molecule has 1 N–H and O–H groups in total. The van der Waals surface area contributed by atoms with Gasteiger partial charge < -0.3 is 10.0 Å². The van der Waals surface area contributed by atoms with Crippen LogP contribution in [0.1, 0.15) is 20.8 Å². The number of hydrogen-bond donors (Lipinski definition) is 1. The van der Waals surface area contributed by atoms with Gasteiger partial charge in [-0.2, -0.15) is 0 Å². The minimum Gasteiger partial charge on any atom is -0.370 e. The normalized spacial score (nSPS) is 36.5. The van der Waals surface area contributed by atoms with E-state index in [-0.39, 0.29) is 4.75 Å². The van der Waals surface area contributed by atoms with E-state index in [0.717, 1.165) is 4.32 Å². The minimum atomic E-state index is -0.825. The molecule has 1 heterocycles. The predicted molar refractivity (Wildman–Crippen MR) is 52.7 cm³/mol. The van der Waals surface area contributed by atoms with Crippen molar-refractivity contribution >= 4 is 28.3 Å². The van der Waals surface area contributed by atoms with Crippen LogP contribution in [-0.2, 0) is 0 Å². The van der Waals surface area contributed by atoms with Crippen molar-refractivity contribution in [3.05, 3.63) is 0 Å². The maximum Gasteiger partial charge on any atom is 0.150 e. The van der Waals surface area contributed by atoms with Crippen molar-refractivity contribution in [1.29, 1.82) is 0 Å². The maximum atomic E-state index is 9.98. The second kappa shape index (κ2) is 2.34. The van der Waals surface area contributed by atoms with E-state index in [0.29, 0.717) is 0 Å². The highest BCUT2D eigenvalue weighted by molar-refractivity contribution is 8.24. The van der Waals surface area contributed by atoms with Crippen LogP contribution in [0.3, 0.4) is 0 Å². The first-order chi connectivity index (χ1) is 4.79. The smallest absolute Gasteiger partial charge is 0.150 e. The molecular formula is C7H13NOS2. The van der Waals surface area contributed by atoms with Crippen LogP contribution in [-0.4, -0.2) is 31.8 Å². The summed E-state index contributed by atoms with van der Waals surface area (Å²) in [6, 6.07) is 0. The Balaban J connectivity index is 3.01. The van der Waals surface area contributed by atoms with E-state index in [1.165, 1.54) is 0 Å². The van der Waals surface area contributed by atoms with E-state index in [9.17, 15) is 5.11 Å². The van der Waals surface area contributed by atoms with Crippen LogP contribution >= 0.6 is 24.0 Å². The number of thiocarbonyl (C=S) groups is 1. The fourth-order valence-electron chi connectivity index (χ4n) is 0.965. The number of aliphatic hydroxyl groups is 1. The van der Waals surface area contributed by atoms with Gasteiger partial charge in [0.05, 0.1) is 4.75 Å². The Morgan fingerprint density at radius 1 is 1.45 bits per heavy atom. The summed E-state index contributed by atoms with van der Waals surface area (Å²) in [4.78, 5) is 1.74. The lowest BCUT2D eigenvalue weighted by atomic mass is 10.0. The summed E-state index contributed by atoms with van der Waals surface area (Å²) < 4.78 is 0.554. The molecule has 0 spiro atoms. The molecule has 0 radical (unpaired) electrons. The summed E-state index contributed by atoms with van der Waals surface area (Å²) in [5.74, 6) is 0. The molecule has 0 aromatic carbocycles. The predicted octanol–water partition coefficient (Wildman–Crippen LogP) is 1.44. The Labute approximate surface area is 77.0 Å². The quantitative estimate of drug-likeness (QED) is 0.585. The highest BCUT2D eigenvalue weighted by Gasteiger charge is 2.51. The van der Waals surface area contributed by atoms with Crippen LogP contribution in [0, 0.1) is 0 Å². The Morgan fingerprint density at radius 2 is 1.91 bits per heavy atom. The van der Waals surface area contributed by atoms with E-state index in [1.54, 1.807) is 23.6 Å². The third kappa shape index (κ3) is 1.17. The van der Waals surface area contributed by atoms with Gasteiger partial charge in [-0.15, -0.1) is 0 Å². The molecule has 0 aromatic heterocycles. The molecule has 1 unspecified atom stereocenters. The lowest BCUT2D eigenvalue weighted by Gasteiger charge is -2.35. The summed E-state index contributed by atoms with van der Waals surface area (Å²) in [6.45, 7) is 5.78. The van der Waals surface area contributed by atoms with Crippen molar-refractivity contribution < 1.29 is 5.11 Å². The first-order valence-electron chi connectivity index (χ1n) is 3.48. The van der Waals surface area contributed by atoms with E-state index in [2.05, 4.69) is 0 Å². The van der Waals surface area contributed by atoms with Gasteiger partial charge >= 0.3 is 0 Å². The maximum absolute atomic E-state index is 9.98. The van der Waals surface area contributed by atoms with Crippen molar-refractivity contribution in [2.45, 2.75) is 31.2 Å². The summed E-state index contributed by atoms with van der Waals surface area (Å²) in [5.41, 5.74) is -0.825. The lowest BCUT2D eigenvalue weighted by Crippen LogP contribution is -2.50. The largest absolute Gasteiger partial charge is 0.370 e. The summed E-state index contributed by atoms with van der Waals surface area (Å²) >= 11 is 6.61. The fraction of sp³-hybridized carbons (Fsp3) is 0.857. The molecule has 0 saturated carbocycles. The third-order valence-electron chi connectivity index (χ3n) is 2.41. The molecule has 4 heteroatoms. The highest BCUT2D eigenvalue weighted by atomic mass is 32.2. The molecule has 0 aliphatic carbocycles. The van der Waals surface area contributed by atoms with Gasteiger partial charge in [0.25, 0.3) is 0 Å². The van der Waals surface area contributed by atoms with Gasteiger partial charge in [-0.25, -0.2) is 0 Å². The first kappa shape index (κ1) is 9.29. The van der Waals surface area contributed by atoms with Gasteiger partial charge in [0.15, 0.2) is 0 Å². The van der Waals surface area contributed by atoms with E-state index >= 15 is 0 Å². The molecule has 64 valence electrons. The van der Waals surface area contributed by atoms with Crippen LogP contribution in [0.15, 0.2) is 0 Å². The van der Waals surface area contributed by atoms with Crippen molar-refractivity contribution in [2.75, 3.05) is 7.05 Å². The molecule has 1 aliphatic rings. The van der Waals surface area contributed by atoms with Gasteiger partial charge in [-0.3, -0.25) is 0 Å². The van der Waals surface area contributed by atoms with Crippen molar-refractivity contribution in [3.63, 3.8) is 0 Å². The topological polar surface area (TPSA) is 23.5 Å². The van der Waals surface area contributed by atoms with E-state index in [4.69, 9.17) is 12.2 Å². The fourth-order valence-corrected chi connectivity index (χ4v) is 2.85. The van der Waals surface area contributed by atoms with E-state index < -0.39 is 5.72 Å². The van der Waals surface area contributed by atoms with Crippen LogP contribution in [0.4, 0.5) is 0 Å². The molecule has 1 saturated heterocycles. The van der Waals surface area contributed by atoms with Crippen molar-refractivity contribution in [2.24, 2.45) is 0 Å². The monoisotopic (exact) mass is 191 g/mol. The van der Waals surface area contributed by atoms with Crippen molar-refractivity contribution in [1.82, 2.24) is 4.90 Å². The van der Waals surface area contributed by atoms with Crippen molar-refractivity contribution in [3.8, 4) is 0 Å². The summed E-state index contributed by atoms with van der Waals surface area (Å²) in [6.07, 6.45) is 0. The Kier molecular flexibility index (Phi) is 1.98. The zero-order valence-electron chi connectivity index (χ0n) is 7.21. The summed E-state index contributed by atoms with van der Waals surface area (Å²) in [7, 11) is 1.82. The average Bonchev–Trinajstić information content (AvgIpc) is 1.93. The number of nitrogens with zero attached hydrogens (tertiary/aromatic N) is 1. The third-order valence-corrected chi connectivity index (χ3v) is 4.28. The molecule has 0 bridgehead atoms. The molecule has 1 rings (SSSR count). The highest BCUT2D eigenvalue weighted by Crippen LogP contribution is 2.45. The molecule has 0 aromatic rings. The van der Waals surface area contributed by atoms with Crippen LogP contribution in [0.5, 0.6) is 0 Å². The second-order valence-electron chi connectivity index (χ2n) is 3.46. The lowest BCUT2D eigenvalue weighted by molar-refractivity contribution is -0.0558. The zero-order chi connectivity index (χ0) is 8.86. The molecule has 1 atom stereocenters. The Hall–Kier alpha value is 0.200. The first-order valence-corrected chi connectivity index (χ1v) is 4.71.